The van der Waals surface area contributed by atoms with Gasteiger partial charge in [0.15, 0.2) is 6.10 Å². The summed E-state index contributed by atoms with van der Waals surface area (Å²) >= 11 is 0. The van der Waals surface area contributed by atoms with Crippen LogP contribution in [0.25, 0.3) is 11.4 Å². The normalized spacial score (nSPS) is 19.0. The molecule has 0 aliphatic carbocycles. The summed E-state index contributed by atoms with van der Waals surface area (Å²) in [6, 6.07) is 8.65. The molecule has 0 spiro atoms. The van der Waals surface area contributed by atoms with Gasteiger partial charge in [0.1, 0.15) is 6.04 Å². The van der Waals surface area contributed by atoms with E-state index in [1.807, 2.05) is 30.3 Å². The first-order valence-electron chi connectivity index (χ1n) is 7.54. The van der Waals surface area contributed by atoms with E-state index in [-0.39, 0.29) is 19.1 Å². The number of ether oxygens (including phenoxy) is 1. The second-order valence-electron chi connectivity index (χ2n) is 5.46. The average molecular weight is 331 g/mol. The van der Waals surface area contributed by atoms with Crippen molar-refractivity contribution in [3.05, 3.63) is 30.3 Å². The molecule has 1 aromatic carbocycles. The molecule has 2 aromatic rings. The molecular weight excluding hydrogens is 314 g/mol. The lowest BCUT2D eigenvalue weighted by Crippen LogP contribution is -2.50. The molecule has 0 bridgehead atoms. The van der Waals surface area contributed by atoms with Crippen molar-refractivity contribution < 1.29 is 19.4 Å². The van der Waals surface area contributed by atoms with Crippen LogP contribution >= 0.6 is 0 Å². The van der Waals surface area contributed by atoms with E-state index in [0.29, 0.717) is 12.4 Å². The molecule has 1 fully saturated rings. The van der Waals surface area contributed by atoms with Crippen LogP contribution in [0, 0.1) is 0 Å². The van der Waals surface area contributed by atoms with E-state index in [9.17, 15) is 9.59 Å². The fourth-order valence-corrected chi connectivity index (χ4v) is 2.45. The molecule has 1 saturated heterocycles. The van der Waals surface area contributed by atoms with Crippen LogP contribution in [-0.2, 0) is 14.3 Å². The van der Waals surface area contributed by atoms with E-state index >= 15 is 0 Å². The minimum absolute atomic E-state index is 0.0126. The molecular formula is C15H17N5O4. The summed E-state index contributed by atoms with van der Waals surface area (Å²) in [6.07, 6.45) is -1.00. The van der Waals surface area contributed by atoms with Crippen LogP contribution in [0.2, 0.25) is 0 Å². The molecule has 1 N–H and O–H groups in total. The molecule has 1 amide bonds. The van der Waals surface area contributed by atoms with Crippen molar-refractivity contribution >= 4 is 11.9 Å². The van der Waals surface area contributed by atoms with Crippen LogP contribution in [0.1, 0.15) is 13.0 Å². The fraction of sp³-hybridized carbons (Fsp3) is 0.400. The number of hydrogen-bond acceptors (Lipinski definition) is 6. The Morgan fingerprint density at radius 3 is 2.79 bits per heavy atom. The number of morpholine rings is 1. The van der Waals surface area contributed by atoms with Crippen molar-refractivity contribution in [2.45, 2.75) is 19.1 Å². The van der Waals surface area contributed by atoms with Crippen molar-refractivity contribution in [3.8, 4) is 11.4 Å². The van der Waals surface area contributed by atoms with E-state index in [4.69, 9.17) is 9.84 Å². The third kappa shape index (κ3) is 3.25. The highest BCUT2D eigenvalue weighted by Crippen LogP contribution is 2.16. The van der Waals surface area contributed by atoms with Crippen LogP contribution < -0.4 is 0 Å². The lowest BCUT2D eigenvalue weighted by molar-refractivity contribution is -0.160. The van der Waals surface area contributed by atoms with Crippen molar-refractivity contribution in [1.29, 1.82) is 0 Å². The zero-order valence-electron chi connectivity index (χ0n) is 13.1. The number of rotatable bonds is 4. The number of carboxylic acids is 1. The van der Waals surface area contributed by atoms with Gasteiger partial charge in [0.25, 0.3) is 0 Å². The SMILES string of the molecule is C[C@H](C(=O)N1CCO[C@H](C(=O)O)C1)n1nnc(-c2ccccc2)n1. The van der Waals surface area contributed by atoms with Gasteiger partial charge < -0.3 is 14.7 Å². The van der Waals surface area contributed by atoms with Crippen molar-refractivity contribution in [3.63, 3.8) is 0 Å². The Balaban J connectivity index is 1.72. The minimum atomic E-state index is -1.08. The molecule has 1 aliphatic rings. The zero-order valence-corrected chi connectivity index (χ0v) is 13.1. The Labute approximate surface area is 137 Å². The van der Waals surface area contributed by atoms with E-state index in [0.717, 1.165) is 5.56 Å². The van der Waals surface area contributed by atoms with E-state index in [2.05, 4.69) is 15.4 Å². The number of amides is 1. The van der Waals surface area contributed by atoms with Crippen LogP contribution in [0.15, 0.2) is 30.3 Å². The van der Waals surface area contributed by atoms with Crippen LogP contribution in [0.5, 0.6) is 0 Å². The maximum Gasteiger partial charge on any atom is 0.334 e. The summed E-state index contributed by atoms with van der Waals surface area (Å²) in [5, 5.41) is 21.2. The number of aliphatic carboxylic acids is 1. The van der Waals surface area contributed by atoms with Gasteiger partial charge in [-0.25, -0.2) is 4.79 Å². The second-order valence-corrected chi connectivity index (χ2v) is 5.46. The first-order chi connectivity index (χ1) is 11.6. The molecule has 1 aliphatic heterocycles. The standard InChI is InChI=1S/C15H17N5O4/c1-10(14(21)19-7-8-24-12(9-19)15(22)23)20-17-13(16-18-20)11-5-3-2-4-6-11/h2-6,10,12H,7-9H2,1H3,(H,22,23)/t10-,12+/m1/s1. The topological polar surface area (TPSA) is 110 Å². The Hall–Kier alpha value is -2.81. The summed E-state index contributed by atoms with van der Waals surface area (Å²) in [5.74, 6) is -0.910. The predicted octanol–water partition coefficient (Wildman–Crippen LogP) is 0.213. The Bertz CT molecular complexity index is 732. The lowest BCUT2D eigenvalue weighted by Gasteiger charge is -2.32. The largest absolute Gasteiger partial charge is 0.479 e. The summed E-state index contributed by atoms with van der Waals surface area (Å²) in [6.45, 7) is 2.20. The van der Waals surface area contributed by atoms with Gasteiger partial charge in [0, 0.05) is 12.1 Å². The lowest BCUT2D eigenvalue weighted by atomic mass is 10.2. The Morgan fingerprint density at radius 1 is 1.33 bits per heavy atom. The van der Waals surface area contributed by atoms with Gasteiger partial charge in [-0.3, -0.25) is 4.79 Å². The number of benzene rings is 1. The molecule has 2 atom stereocenters. The fourth-order valence-electron chi connectivity index (χ4n) is 2.45. The molecule has 2 heterocycles. The summed E-state index contributed by atoms with van der Waals surface area (Å²) in [5.41, 5.74) is 0.806. The van der Waals surface area contributed by atoms with Crippen LogP contribution in [-0.4, -0.2) is 67.9 Å². The molecule has 24 heavy (non-hydrogen) atoms. The van der Waals surface area contributed by atoms with Crippen molar-refractivity contribution in [2.75, 3.05) is 19.7 Å². The monoisotopic (exact) mass is 331 g/mol. The van der Waals surface area contributed by atoms with Crippen LogP contribution in [0.4, 0.5) is 0 Å². The highest BCUT2D eigenvalue weighted by Gasteiger charge is 2.32. The highest BCUT2D eigenvalue weighted by molar-refractivity contribution is 5.81. The number of carbonyl (C=O) groups is 2. The minimum Gasteiger partial charge on any atom is -0.479 e. The molecule has 1 aromatic heterocycles. The number of carboxylic acid groups (broad SMARTS) is 1. The van der Waals surface area contributed by atoms with E-state index < -0.39 is 18.1 Å². The molecule has 0 saturated carbocycles. The number of carbonyl (C=O) groups excluding carboxylic acids is 1. The molecule has 0 radical (unpaired) electrons. The molecule has 9 heteroatoms. The number of tetrazole rings is 1. The number of hydrogen-bond donors (Lipinski definition) is 1. The average Bonchev–Trinajstić information content (AvgIpc) is 3.11. The van der Waals surface area contributed by atoms with E-state index in [1.165, 1.54) is 9.70 Å². The number of nitrogens with zero attached hydrogens (tertiary/aromatic N) is 5. The van der Waals surface area contributed by atoms with Gasteiger partial charge in [-0.2, -0.15) is 4.80 Å². The molecule has 126 valence electrons. The second kappa shape index (κ2) is 6.75. The van der Waals surface area contributed by atoms with Crippen molar-refractivity contribution in [1.82, 2.24) is 25.1 Å². The van der Waals surface area contributed by atoms with E-state index in [1.54, 1.807) is 6.92 Å². The first kappa shape index (κ1) is 16.1. The predicted molar refractivity (Wildman–Crippen MR) is 81.9 cm³/mol. The van der Waals surface area contributed by atoms with Crippen molar-refractivity contribution in [2.24, 2.45) is 0 Å². The third-order valence-corrected chi connectivity index (χ3v) is 3.82. The zero-order chi connectivity index (χ0) is 17.1. The van der Waals surface area contributed by atoms with Gasteiger partial charge in [0.2, 0.25) is 11.7 Å². The van der Waals surface area contributed by atoms with Crippen LogP contribution in [0.3, 0.4) is 0 Å². The maximum atomic E-state index is 12.6. The quantitative estimate of drug-likeness (QED) is 0.852. The maximum absolute atomic E-state index is 12.6. The number of aromatic nitrogens is 4. The molecule has 9 nitrogen and oxygen atoms in total. The highest BCUT2D eigenvalue weighted by atomic mass is 16.5. The summed E-state index contributed by atoms with van der Waals surface area (Å²) < 4.78 is 5.12. The van der Waals surface area contributed by atoms with Gasteiger partial charge in [0.05, 0.1) is 13.2 Å². The summed E-state index contributed by atoms with van der Waals surface area (Å²) in [7, 11) is 0. The first-order valence-corrected chi connectivity index (χ1v) is 7.54. The Morgan fingerprint density at radius 2 is 2.08 bits per heavy atom. The van der Waals surface area contributed by atoms with Gasteiger partial charge in [-0.1, -0.05) is 30.3 Å². The molecule has 0 unspecified atom stereocenters. The summed E-state index contributed by atoms with van der Waals surface area (Å²) in [4.78, 5) is 26.3. The van der Waals surface area contributed by atoms with Gasteiger partial charge in [-0.05, 0) is 12.1 Å². The smallest absolute Gasteiger partial charge is 0.334 e. The molecule has 3 rings (SSSR count). The van der Waals surface area contributed by atoms with Gasteiger partial charge in [-0.15, -0.1) is 10.2 Å². The van der Waals surface area contributed by atoms with Gasteiger partial charge >= 0.3 is 5.97 Å². The Kier molecular flexibility index (Phi) is 4.52. The third-order valence-electron chi connectivity index (χ3n) is 3.82.